The van der Waals surface area contributed by atoms with Gasteiger partial charge in [0.1, 0.15) is 5.60 Å². The fraction of sp³-hybridized carbons (Fsp3) is 0.889. The van der Waals surface area contributed by atoms with Crippen molar-refractivity contribution in [2.45, 2.75) is 65.5 Å². The van der Waals surface area contributed by atoms with Crippen LogP contribution in [0.3, 0.4) is 0 Å². The van der Waals surface area contributed by atoms with E-state index in [-0.39, 0.29) is 24.0 Å². The van der Waals surface area contributed by atoms with E-state index in [1.165, 1.54) is 12.8 Å². The van der Waals surface area contributed by atoms with E-state index >= 15 is 0 Å². The van der Waals surface area contributed by atoms with Gasteiger partial charge in [-0.3, -0.25) is 4.99 Å². The third-order valence-electron chi connectivity index (χ3n) is 3.41. The smallest absolute Gasteiger partial charge is 0.408 e. The number of ether oxygens (including phenoxy) is 2. The van der Waals surface area contributed by atoms with Gasteiger partial charge in [-0.15, -0.1) is 24.0 Å². The number of halogens is 1. The second kappa shape index (κ2) is 11.8. The first-order valence-electron chi connectivity index (χ1n) is 9.22. The summed E-state index contributed by atoms with van der Waals surface area (Å²) >= 11 is 0. The van der Waals surface area contributed by atoms with Gasteiger partial charge in [-0.25, -0.2) is 4.79 Å². The van der Waals surface area contributed by atoms with Gasteiger partial charge in [-0.1, -0.05) is 0 Å². The molecule has 0 aromatic rings. The highest BCUT2D eigenvalue weighted by Gasteiger charge is 2.24. The summed E-state index contributed by atoms with van der Waals surface area (Å²) in [5, 5.41) is 9.30. The summed E-state index contributed by atoms with van der Waals surface area (Å²) in [6, 6.07) is 0. The number of alkyl carbamates (subject to hydrolysis) is 1. The van der Waals surface area contributed by atoms with Crippen molar-refractivity contribution in [1.29, 1.82) is 0 Å². The van der Waals surface area contributed by atoms with Crippen molar-refractivity contribution in [1.82, 2.24) is 16.0 Å². The summed E-state index contributed by atoms with van der Waals surface area (Å²) in [5.41, 5.74) is -1.02. The Morgan fingerprint density at radius 2 is 1.81 bits per heavy atom. The summed E-state index contributed by atoms with van der Waals surface area (Å²) < 4.78 is 10.9. The molecule has 1 saturated carbocycles. The molecule has 0 aromatic heterocycles. The van der Waals surface area contributed by atoms with Gasteiger partial charge in [0.25, 0.3) is 0 Å². The molecular formula is C18H37IN4O3. The van der Waals surface area contributed by atoms with Gasteiger partial charge >= 0.3 is 6.09 Å². The normalized spacial score (nSPS) is 15.1. The van der Waals surface area contributed by atoms with Crippen molar-refractivity contribution < 1.29 is 14.3 Å². The predicted molar refractivity (Wildman–Crippen MR) is 116 cm³/mol. The van der Waals surface area contributed by atoms with Crippen LogP contribution < -0.4 is 16.0 Å². The Morgan fingerprint density at radius 3 is 2.35 bits per heavy atom. The number of hydrogen-bond acceptors (Lipinski definition) is 4. The lowest BCUT2D eigenvalue weighted by atomic mass is 10.1. The van der Waals surface area contributed by atoms with Crippen LogP contribution in [0.2, 0.25) is 0 Å². The van der Waals surface area contributed by atoms with Crippen molar-refractivity contribution in [2.75, 3.05) is 32.8 Å². The quantitative estimate of drug-likeness (QED) is 0.203. The zero-order valence-electron chi connectivity index (χ0n) is 17.1. The first kappa shape index (κ1) is 25.2. The minimum atomic E-state index is -0.514. The monoisotopic (exact) mass is 484 g/mol. The lowest BCUT2D eigenvalue weighted by Crippen LogP contribution is -2.49. The van der Waals surface area contributed by atoms with Crippen molar-refractivity contribution in [3.63, 3.8) is 0 Å². The van der Waals surface area contributed by atoms with Crippen LogP contribution >= 0.6 is 24.0 Å². The molecule has 1 fully saturated rings. The Morgan fingerprint density at radius 1 is 1.15 bits per heavy atom. The van der Waals surface area contributed by atoms with Gasteiger partial charge in [0, 0.05) is 19.7 Å². The molecule has 0 atom stereocenters. The number of carbonyl (C=O) groups is 1. The number of nitrogens with one attached hydrogen (secondary N) is 3. The van der Waals surface area contributed by atoms with Crippen molar-refractivity contribution in [2.24, 2.45) is 10.9 Å². The van der Waals surface area contributed by atoms with Crippen LogP contribution in [0, 0.1) is 5.92 Å². The van der Waals surface area contributed by atoms with E-state index in [0.29, 0.717) is 19.7 Å². The van der Waals surface area contributed by atoms with Crippen LogP contribution in [0.15, 0.2) is 4.99 Å². The van der Waals surface area contributed by atoms with Crippen molar-refractivity contribution in [3.05, 3.63) is 0 Å². The highest BCUT2D eigenvalue weighted by Crippen LogP contribution is 2.28. The van der Waals surface area contributed by atoms with E-state index in [4.69, 9.17) is 9.47 Å². The van der Waals surface area contributed by atoms with Gasteiger partial charge in [0.05, 0.1) is 18.7 Å². The Hall–Kier alpha value is -0.770. The lowest BCUT2D eigenvalue weighted by Gasteiger charge is -2.27. The zero-order valence-corrected chi connectivity index (χ0v) is 19.4. The Bertz CT molecular complexity index is 446. The number of hydrogen-bond donors (Lipinski definition) is 3. The largest absolute Gasteiger partial charge is 0.444 e. The number of aliphatic imine (C=N–C) groups is 1. The minimum absolute atomic E-state index is 0. The van der Waals surface area contributed by atoms with E-state index < -0.39 is 17.2 Å². The first-order chi connectivity index (χ1) is 11.6. The summed E-state index contributed by atoms with van der Waals surface area (Å²) in [7, 11) is 0. The molecule has 0 radical (unpaired) electrons. The number of amides is 1. The molecule has 0 saturated heterocycles. The molecule has 0 aliphatic heterocycles. The Kier molecular flexibility index (Phi) is 11.5. The molecular weight excluding hydrogens is 447 g/mol. The molecule has 3 N–H and O–H groups in total. The van der Waals surface area contributed by atoms with Gasteiger partial charge in [-0.05, 0) is 60.3 Å². The molecule has 154 valence electrons. The zero-order chi connectivity index (χ0) is 18.9. The van der Waals surface area contributed by atoms with Crippen LogP contribution in [0.25, 0.3) is 0 Å². The van der Waals surface area contributed by atoms with Gasteiger partial charge in [-0.2, -0.15) is 0 Å². The highest BCUT2D eigenvalue weighted by molar-refractivity contribution is 14.0. The van der Waals surface area contributed by atoms with Crippen LogP contribution in [-0.2, 0) is 9.47 Å². The average Bonchev–Trinajstić information content (AvgIpc) is 3.25. The predicted octanol–water partition coefficient (Wildman–Crippen LogP) is 2.89. The molecule has 1 aliphatic carbocycles. The van der Waals surface area contributed by atoms with E-state index in [0.717, 1.165) is 25.0 Å². The molecule has 0 aromatic carbocycles. The van der Waals surface area contributed by atoms with E-state index in [1.54, 1.807) is 0 Å². The maximum Gasteiger partial charge on any atom is 0.408 e. The Labute approximate surface area is 175 Å². The average molecular weight is 484 g/mol. The van der Waals surface area contributed by atoms with Crippen LogP contribution in [0.4, 0.5) is 4.79 Å². The Balaban J connectivity index is 0.00000625. The molecule has 1 rings (SSSR count). The SMILES string of the molecule is CCNC(=NCC(C)(C)NC(=O)OC(C)(C)C)NCCOCC1CC1.I. The third kappa shape index (κ3) is 13.4. The number of nitrogens with zero attached hydrogens (tertiary/aromatic N) is 1. The molecule has 0 bridgehead atoms. The number of rotatable bonds is 9. The third-order valence-corrected chi connectivity index (χ3v) is 3.41. The number of carbonyl (C=O) groups excluding carboxylic acids is 1. The molecule has 8 heteroatoms. The molecule has 0 heterocycles. The first-order valence-corrected chi connectivity index (χ1v) is 9.22. The molecule has 7 nitrogen and oxygen atoms in total. The molecule has 1 aliphatic rings. The fourth-order valence-electron chi connectivity index (χ4n) is 2.01. The van der Waals surface area contributed by atoms with E-state index in [1.807, 2.05) is 41.5 Å². The maximum atomic E-state index is 11.9. The molecule has 26 heavy (non-hydrogen) atoms. The summed E-state index contributed by atoms with van der Waals surface area (Å²) in [6.07, 6.45) is 2.17. The minimum Gasteiger partial charge on any atom is -0.444 e. The second-order valence-corrected chi connectivity index (χ2v) is 8.15. The second-order valence-electron chi connectivity index (χ2n) is 8.15. The summed E-state index contributed by atoms with van der Waals surface area (Å²) in [4.78, 5) is 16.5. The topological polar surface area (TPSA) is 84.0 Å². The summed E-state index contributed by atoms with van der Waals surface area (Å²) in [5.74, 6) is 1.50. The van der Waals surface area contributed by atoms with E-state index in [2.05, 4.69) is 20.9 Å². The molecule has 0 unspecified atom stereocenters. The van der Waals surface area contributed by atoms with Crippen LogP contribution in [0.5, 0.6) is 0 Å². The fourth-order valence-corrected chi connectivity index (χ4v) is 2.01. The molecule has 0 spiro atoms. The standard InChI is InChI=1S/C18H36N4O3.HI/c1-7-19-15(20-10-11-24-12-14-8-9-14)21-13-18(5,6)22-16(23)25-17(2,3)4;/h14H,7-13H2,1-6H3,(H,22,23)(H2,19,20,21);1H. The van der Waals surface area contributed by atoms with Crippen molar-refractivity contribution >= 4 is 36.0 Å². The van der Waals surface area contributed by atoms with Crippen LogP contribution in [0.1, 0.15) is 54.4 Å². The molecule has 1 amide bonds. The lowest BCUT2D eigenvalue weighted by molar-refractivity contribution is 0.0476. The highest BCUT2D eigenvalue weighted by atomic mass is 127. The van der Waals surface area contributed by atoms with Gasteiger partial charge in [0.15, 0.2) is 5.96 Å². The summed E-state index contributed by atoms with van der Waals surface area (Å²) in [6.45, 7) is 14.8. The van der Waals surface area contributed by atoms with Gasteiger partial charge < -0.3 is 25.4 Å². The maximum absolute atomic E-state index is 11.9. The van der Waals surface area contributed by atoms with Gasteiger partial charge in [0.2, 0.25) is 0 Å². The van der Waals surface area contributed by atoms with Crippen molar-refractivity contribution in [3.8, 4) is 0 Å². The number of guanidine groups is 1. The van der Waals surface area contributed by atoms with E-state index in [9.17, 15) is 4.79 Å². The van der Waals surface area contributed by atoms with Crippen LogP contribution in [-0.4, -0.2) is 56.0 Å².